The van der Waals surface area contributed by atoms with Gasteiger partial charge in [0.25, 0.3) is 0 Å². The topological polar surface area (TPSA) is 36.7 Å². The van der Waals surface area contributed by atoms with Crippen LogP contribution in [0.15, 0.2) is 10.5 Å². The second-order valence-electron chi connectivity index (χ2n) is 5.52. The van der Waals surface area contributed by atoms with E-state index in [0.717, 1.165) is 49.7 Å². The van der Waals surface area contributed by atoms with Gasteiger partial charge in [-0.25, -0.2) is 0 Å². The lowest BCUT2D eigenvalue weighted by Gasteiger charge is -2.24. The van der Waals surface area contributed by atoms with Crippen LogP contribution in [0.1, 0.15) is 42.7 Å². The minimum Gasteiger partial charge on any atom is -0.463 e. The molecule has 0 N–H and O–H groups in total. The van der Waals surface area contributed by atoms with Crippen LogP contribution in [0, 0.1) is 13.8 Å². The van der Waals surface area contributed by atoms with Crippen molar-refractivity contribution in [3.8, 4) is 0 Å². The molecule has 0 saturated carbocycles. The van der Waals surface area contributed by atoms with Gasteiger partial charge in [-0.1, -0.05) is 13.8 Å². The van der Waals surface area contributed by atoms with Gasteiger partial charge in [-0.3, -0.25) is 4.79 Å². The van der Waals surface area contributed by atoms with Gasteiger partial charge in [0.15, 0.2) is 0 Å². The summed E-state index contributed by atoms with van der Waals surface area (Å²) in [6, 6.07) is 2.07. The van der Waals surface area contributed by atoms with E-state index >= 15 is 0 Å². The van der Waals surface area contributed by atoms with Crippen LogP contribution < -0.4 is 0 Å². The first-order valence-electron chi connectivity index (χ1n) is 7.77. The van der Waals surface area contributed by atoms with Gasteiger partial charge in [0, 0.05) is 6.54 Å². The van der Waals surface area contributed by atoms with Crippen molar-refractivity contribution in [2.75, 3.05) is 31.9 Å². The number of nitrogens with zero attached hydrogens (tertiary/aromatic N) is 2. The lowest BCUT2D eigenvalue weighted by molar-refractivity contribution is -0.128. The minimum atomic E-state index is 0.0570. The van der Waals surface area contributed by atoms with Crippen molar-refractivity contribution < 1.29 is 9.21 Å². The van der Waals surface area contributed by atoms with E-state index in [1.807, 2.05) is 11.8 Å². The third-order valence-corrected chi connectivity index (χ3v) is 5.38. The number of thioether (sulfide) groups is 1. The van der Waals surface area contributed by atoms with E-state index in [9.17, 15) is 4.79 Å². The molecule has 0 aliphatic carbocycles. The molecule has 1 amide bonds. The Morgan fingerprint density at radius 3 is 2.67 bits per heavy atom. The smallest absolute Gasteiger partial charge is 0.233 e. The molecule has 0 aromatic carbocycles. The van der Waals surface area contributed by atoms with E-state index in [1.54, 1.807) is 11.8 Å². The summed E-state index contributed by atoms with van der Waals surface area (Å²) in [5.74, 6) is 2.67. The molecule has 1 aliphatic rings. The molecule has 1 fully saturated rings. The second kappa shape index (κ2) is 7.36. The molecule has 2 rings (SSSR count). The molecule has 118 valence electrons. The van der Waals surface area contributed by atoms with Crippen LogP contribution in [0.4, 0.5) is 0 Å². The Kier molecular flexibility index (Phi) is 5.76. The third-order valence-electron chi connectivity index (χ3n) is 4.16. The number of amides is 1. The molecule has 21 heavy (non-hydrogen) atoms. The lowest BCUT2D eigenvalue weighted by Crippen LogP contribution is -2.32. The normalized spacial score (nSPS) is 19.0. The van der Waals surface area contributed by atoms with E-state index in [1.165, 1.54) is 0 Å². The number of aryl methyl sites for hydroxylation is 2. The highest BCUT2D eigenvalue weighted by Gasteiger charge is 2.34. The van der Waals surface area contributed by atoms with Crippen LogP contribution in [-0.4, -0.2) is 47.6 Å². The zero-order valence-corrected chi connectivity index (χ0v) is 14.3. The van der Waals surface area contributed by atoms with Crippen LogP contribution >= 0.6 is 11.8 Å². The fraction of sp³-hybridized carbons (Fsp3) is 0.688. The molecule has 1 unspecified atom stereocenters. The van der Waals surface area contributed by atoms with E-state index in [4.69, 9.17) is 4.42 Å². The number of hydrogen-bond donors (Lipinski definition) is 0. The van der Waals surface area contributed by atoms with Crippen molar-refractivity contribution in [1.29, 1.82) is 0 Å². The Hall–Kier alpha value is -0.940. The molecule has 1 atom stereocenters. The van der Waals surface area contributed by atoms with Crippen molar-refractivity contribution in [3.63, 3.8) is 0 Å². The molecule has 2 heterocycles. The van der Waals surface area contributed by atoms with Gasteiger partial charge in [-0.15, -0.1) is 11.8 Å². The molecule has 0 spiro atoms. The van der Waals surface area contributed by atoms with Gasteiger partial charge in [-0.05, 0) is 51.5 Å². The highest BCUT2D eigenvalue weighted by molar-refractivity contribution is 8.00. The summed E-state index contributed by atoms with van der Waals surface area (Å²) in [5, 5.41) is 0.0570. The zero-order chi connectivity index (χ0) is 15.4. The van der Waals surface area contributed by atoms with Gasteiger partial charge in [-0.2, -0.15) is 0 Å². The second-order valence-corrected chi connectivity index (χ2v) is 6.59. The Labute approximate surface area is 131 Å². The zero-order valence-electron chi connectivity index (χ0n) is 13.5. The molecule has 1 aliphatic heterocycles. The van der Waals surface area contributed by atoms with Gasteiger partial charge >= 0.3 is 0 Å². The highest BCUT2D eigenvalue weighted by Crippen LogP contribution is 2.39. The van der Waals surface area contributed by atoms with Crippen LogP contribution in [0.3, 0.4) is 0 Å². The van der Waals surface area contributed by atoms with Crippen LogP contribution in [-0.2, 0) is 4.79 Å². The summed E-state index contributed by atoms with van der Waals surface area (Å²) in [7, 11) is 0. The van der Waals surface area contributed by atoms with Crippen LogP contribution in [0.25, 0.3) is 0 Å². The number of furan rings is 1. The molecule has 0 bridgehead atoms. The third kappa shape index (κ3) is 3.83. The van der Waals surface area contributed by atoms with E-state index < -0.39 is 0 Å². The molecule has 0 radical (unpaired) electrons. The summed E-state index contributed by atoms with van der Waals surface area (Å²) < 4.78 is 5.82. The summed E-state index contributed by atoms with van der Waals surface area (Å²) in [5.41, 5.74) is 1.16. The lowest BCUT2D eigenvalue weighted by atomic mass is 10.2. The Balaban J connectivity index is 1.97. The minimum absolute atomic E-state index is 0.0570. The molecule has 5 heteroatoms. The molecular formula is C16H26N2O2S. The van der Waals surface area contributed by atoms with Gasteiger partial charge in [0.05, 0.1) is 5.75 Å². The quantitative estimate of drug-likeness (QED) is 0.775. The number of carbonyl (C=O) groups is 1. The number of rotatable bonds is 7. The number of hydrogen-bond acceptors (Lipinski definition) is 4. The largest absolute Gasteiger partial charge is 0.463 e. The standard InChI is InChI=1S/C16H26N2O2S/c1-5-17(6-2)8-7-9-18-15(19)11-21-16(18)14-10-12(3)13(4)20-14/h10,16H,5-9,11H2,1-4H3. The van der Waals surface area contributed by atoms with Gasteiger partial charge in [0.2, 0.25) is 5.91 Å². The molecular weight excluding hydrogens is 284 g/mol. The van der Waals surface area contributed by atoms with Crippen molar-refractivity contribution in [3.05, 3.63) is 23.2 Å². The van der Waals surface area contributed by atoms with E-state index in [-0.39, 0.29) is 11.3 Å². The molecule has 1 saturated heterocycles. The maximum absolute atomic E-state index is 12.1. The summed E-state index contributed by atoms with van der Waals surface area (Å²) >= 11 is 1.67. The first-order chi connectivity index (χ1) is 10.1. The van der Waals surface area contributed by atoms with Crippen molar-refractivity contribution >= 4 is 17.7 Å². The van der Waals surface area contributed by atoms with Crippen LogP contribution in [0.5, 0.6) is 0 Å². The first kappa shape index (κ1) is 16.4. The Morgan fingerprint density at radius 2 is 2.10 bits per heavy atom. The van der Waals surface area contributed by atoms with Crippen molar-refractivity contribution in [2.24, 2.45) is 0 Å². The summed E-state index contributed by atoms with van der Waals surface area (Å²) in [6.45, 7) is 12.4. The van der Waals surface area contributed by atoms with E-state index in [0.29, 0.717) is 5.75 Å². The SMILES string of the molecule is CCN(CC)CCCN1C(=O)CSC1c1cc(C)c(C)o1. The first-order valence-corrected chi connectivity index (χ1v) is 8.82. The Bertz CT molecular complexity index is 463. The predicted octanol–water partition coefficient (Wildman–Crippen LogP) is 3.20. The summed E-state index contributed by atoms with van der Waals surface area (Å²) in [4.78, 5) is 16.5. The predicted molar refractivity (Wildman–Crippen MR) is 87.5 cm³/mol. The highest BCUT2D eigenvalue weighted by atomic mass is 32.2. The average molecular weight is 310 g/mol. The fourth-order valence-electron chi connectivity index (χ4n) is 2.66. The number of carbonyl (C=O) groups excluding carboxylic acids is 1. The maximum atomic E-state index is 12.1. The van der Waals surface area contributed by atoms with E-state index in [2.05, 4.69) is 31.7 Å². The molecule has 1 aromatic rings. The fourth-order valence-corrected chi connectivity index (χ4v) is 3.81. The van der Waals surface area contributed by atoms with Gasteiger partial charge in [0.1, 0.15) is 16.9 Å². The molecule has 1 aromatic heterocycles. The summed E-state index contributed by atoms with van der Waals surface area (Å²) in [6.07, 6.45) is 1.02. The molecule has 4 nitrogen and oxygen atoms in total. The maximum Gasteiger partial charge on any atom is 0.233 e. The monoisotopic (exact) mass is 310 g/mol. The van der Waals surface area contributed by atoms with Crippen molar-refractivity contribution in [1.82, 2.24) is 9.80 Å². The van der Waals surface area contributed by atoms with Crippen LogP contribution in [0.2, 0.25) is 0 Å². The van der Waals surface area contributed by atoms with Gasteiger partial charge < -0.3 is 14.2 Å². The Morgan fingerprint density at radius 1 is 1.38 bits per heavy atom. The average Bonchev–Trinajstić information content (AvgIpc) is 2.99. The van der Waals surface area contributed by atoms with Crippen molar-refractivity contribution in [2.45, 2.75) is 39.5 Å².